The van der Waals surface area contributed by atoms with E-state index in [1.165, 1.54) is 18.2 Å². The van der Waals surface area contributed by atoms with Gasteiger partial charge in [0, 0.05) is 25.3 Å². The van der Waals surface area contributed by atoms with Crippen molar-refractivity contribution in [1.82, 2.24) is 9.88 Å². The number of aromatic nitrogens is 1. The van der Waals surface area contributed by atoms with Crippen LogP contribution in [0.1, 0.15) is 40.5 Å². The molecule has 4 nitrogen and oxygen atoms in total. The van der Waals surface area contributed by atoms with Gasteiger partial charge in [-0.1, -0.05) is 31.2 Å². The lowest BCUT2D eigenvalue weighted by molar-refractivity contribution is 0.0594. The van der Waals surface area contributed by atoms with Crippen LogP contribution in [0.5, 0.6) is 0 Å². The number of hydrogen-bond donors (Lipinski definition) is 1. The Morgan fingerprint density at radius 3 is 2.86 bits per heavy atom. The number of esters is 1. The normalized spacial score (nSPS) is 18.0. The molecule has 0 amide bonds. The molecule has 1 aromatic carbocycles. The number of hydrogen-bond acceptors (Lipinski definition) is 3. The minimum absolute atomic E-state index is 0.317. The number of benzene rings is 1. The number of fused-ring (bicyclic) bond motifs is 1. The van der Waals surface area contributed by atoms with Crippen LogP contribution in [0.25, 0.3) is 0 Å². The van der Waals surface area contributed by atoms with Gasteiger partial charge in [0.15, 0.2) is 0 Å². The molecule has 2 aromatic rings. The van der Waals surface area contributed by atoms with Gasteiger partial charge < -0.3 is 9.72 Å². The van der Waals surface area contributed by atoms with Gasteiger partial charge in [-0.15, -0.1) is 0 Å². The van der Waals surface area contributed by atoms with Crippen LogP contribution in [0.4, 0.5) is 0 Å². The monoisotopic (exact) mass is 298 g/mol. The van der Waals surface area contributed by atoms with E-state index in [0.717, 1.165) is 31.5 Å². The third kappa shape index (κ3) is 2.92. The Morgan fingerprint density at radius 2 is 2.14 bits per heavy atom. The minimum Gasteiger partial charge on any atom is -0.464 e. The minimum atomic E-state index is -0.317. The van der Waals surface area contributed by atoms with Crippen molar-refractivity contribution < 1.29 is 9.53 Å². The van der Waals surface area contributed by atoms with Crippen LogP contribution >= 0.6 is 0 Å². The molecule has 0 aliphatic carbocycles. The van der Waals surface area contributed by atoms with Gasteiger partial charge in [0.2, 0.25) is 0 Å². The number of aromatic amines is 1. The molecule has 1 aliphatic heterocycles. The van der Waals surface area contributed by atoms with E-state index in [-0.39, 0.29) is 5.97 Å². The third-order valence-electron chi connectivity index (χ3n) is 4.47. The lowest BCUT2D eigenvalue weighted by Crippen LogP contribution is -2.39. The van der Waals surface area contributed by atoms with E-state index in [4.69, 9.17) is 4.74 Å². The average molecular weight is 298 g/mol. The second kappa shape index (κ2) is 6.36. The number of carbonyl (C=O) groups is 1. The molecule has 4 heteroatoms. The fourth-order valence-corrected chi connectivity index (χ4v) is 3.22. The maximum Gasteiger partial charge on any atom is 0.354 e. The van der Waals surface area contributed by atoms with E-state index >= 15 is 0 Å². The molecule has 0 saturated carbocycles. The van der Waals surface area contributed by atoms with Crippen LogP contribution in [-0.2, 0) is 24.2 Å². The molecule has 0 bridgehead atoms. The molecule has 1 aromatic heterocycles. The van der Waals surface area contributed by atoms with E-state index in [1.807, 2.05) is 12.3 Å². The Bertz CT molecular complexity index is 663. The molecule has 1 atom stereocenters. The Balaban J connectivity index is 1.76. The zero-order chi connectivity index (χ0) is 15.5. The first kappa shape index (κ1) is 14.9. The summed E-state index contributed by atoms with van der Waals surface area (Å²) in [6, 6.07) is 11.1. The van der Waals surface area contributed by atoms with E-state index in [2.05, 4.69) is 41.1 Å². The number of carbonyl (C=O) groups excluding carboxylic acids is 1. The molecule has 0 fully saturated rings. The summed E-state index contributed by atoms with van der Waals surface area (Å²) in [7, 11) is 1.40. The molecule has 0 unspecified atom stereocenters. The summed E-state index contributed by atoms with van der Waals surface area (Å²) in [6.45, 7) is 4.05. The van der Waals surface area contributed by atoms with Crippen LogP contribution in [0.15, 0.2) is 36.5 Å². The molecule has 22 heavy (non-hydrogen) atoms. The van der Waals surface area contributed by atoms with Crippen LogP contribution in [0.3, 0.4) is 0 Å². The van der Waals surface area contributed by atoms with Gasteiger partial charge in [-0.05, 0) is 35.6 Å². The molecular weight excluding hydrogens is 276 g/mol. The molecule has 0 saturated heterocycles. The second-order valence-corrected chi connectivity index (χ2v) is 5.85. The molecule has 0 spiro atoms. The van der Waals surface area contributed by atoms with E-state index in [0.29, 0.717) is 11.7 Å². The van der Waals surface area contributed by atoms with Crippen LogP contribution in [-0.4, -0.2) is 29.0 Å². The smallest absolute Gasteiger partial charge is 0.354 e. The number of nitrogens with one attached hydrogen (secondary N) is 1. The molecule has 2 heterocycles. The second-order valence-electron chi connectivity index (χ2n) is 5.85. The van der Waals surface area contributed by atoms with E-state index < -0.39 is 0 Å². The van der Waals surface area contributed by atoms with Crippen LogP contribution in [0.2, 0.25) is 0 Å². The van der Waals surface area contributed by atoms with Crippen molar-refractivity contribution in [2.24, 2.45) is 0 Å². The van der Waals surface area contributed by atoms with Crippen molar-refractivity contribution in [1.29, 1.82) is 0 Å². The highest BCUT2D eigenvalue weighted by molar-refractivity contribution is 5.87. The van der Waals surface area contributed by atoms with Crippen molar-refractivity contribution >= 4 is 5.97 Å². The summed E-state index contributed by atoms with van der Waals surface area (Å²) >= 11 is 0. The Morgan fingerprint density at radius 1 is 1.36 bits per heavy atom. The predicted molar refractivity (Wildman–Crippen MR) is 85.6 cm³/mol. The van der Waals surface area contributed by atoms with Crippen molar-refractivity contribution in [3.63, 3.8) is 0 Å². The number of methoxy groups -OCH3 is 1. The van der Waals surface area contributed by atoms with Gasteiger partial charge in [-0.25, -0.2) is 4.79 Å². The fourth-order valence-electron chi connectivity index (χ4n) is 3.22. The first-order chi connectivity index (χ1) is 10.7. The van der Waals surface area contributed by atoms with Crippen molar-refractivity contribution in [3.8, 4) is 0 Å². The third-order valence-corrected chi connectivity index (χ3v) is 4.47. The Labute approximate surface area is 131 Å². The number of ether oxygens (including phenoxy) is 1. The predicted octanol–water partition coefficient (Wildman–Crippen LogP) is 3.14. The highest BCUT2D eigenvalue weighted by Crippen LogP contribution is 2.26. The molecule has 0 radical (unpaired) electrons. The largest absolute Gasteiger partial charge is 0.464 e. The lowest BCUT2D eigenvalue weighted by Gasteiger charge is -2.36. The van der Waals surface area contributed by atoms with Gasteiger partial charge in [0.1, 0.15) is 5.69 Å². The van der Waals surface area contributed by atoms with E-state index in [9.17, 15) is 4.79 Å². The first-order valence-electron chi connectivity index (χ1n) is 7.77. The topological polar surface area (TPSA) is 45.3 Å². The zero-order valence-electron chi connectivity index (χ0n) is 13.1. The highest BCUT2D eigenvalue weighted by atomic mass is 16.5. The van der Waals surface area contributed by atoms with E-state index in [1.54, 1.807) is 0 Å². The quantitative estimate of drug-likeness (QED) is 0.882. The standard InChI is InChI=1S/C18H22N2O2/c1-3-16-9-14-6-4-5-7-15(14)12-20(16)11-13-8-17(19-10-13)18(21)22-2/h4-8,10,16,19H,3,9,11-12H2,1-2H3/t16-/m0/s1. The summed E-state index contributed by atoms with van der Waals surface area (Å²) in [4.78, 5) is 17.0. The summed E-state index contributed by atoms with van der Waals surface area (Å²) in [5, 5.41) is 0. The Hall–Kier alpha value is -2.07. The SMILES string of the molecule is CC[C@H]1Cc2ccccc2CN1Cc1c[nH]c(C(=O)OC)c1. The van der Waals surface area contributed by atoms with Gasteiger partial charge in [0.05, 0.1) is 7.11 Å². The first-order valence-corrected chi connectivity index (χ1v) is 7.77. The number of H-pyrrole nitrogens is 1. The molecule has 1 aliphatic rings. The Kier molecular flexibility index (Phi) is 4.29. The molecule has 116 valence electrons. The van der Waals surface area contributed by atoms with Gasteiger partial charge in [-0.3, -0.25) is 4.90 Å². The molecule has 1 N–H and O–H groups in total. The van der Waals surface area contributed by atoms with Gasteiger partial charge >= 0.3 is 5.97 Å². The maximum atomic E-state index is 11.5. The van der Waals surface area contributed by atoms with Crippen molar-refractivity contribution in [2.75, 3.05) is 7.11 Å². The van der Waals surface area contributed by atoms with Crippen LogP contribution < -0.4 is 0 Å². The van der Waals surface area contributed by atoms with Crippen molar-refractivity contribution in [3.05, 3.63) is 58.9 Å². The lowest BCUT2D eigenvalue weighted by atomic mass is 9.92. The van der Waals surface area contributed by atoms with Crippen LogP contribution in [0, 0.1) is 0 Å². The summed E-state index contributed by atoms with van der Waals surface area (Å²) in [5.41, 5.74) is 4.52. The van der Waals surface area contributed by atoms with Gasteiger partial charge in [-0.2, -0.15) is 0 Å². The van der Waals surface area contributed by atoms with Crippen molar-refractivity contribution in [2.45, 2.75) is 38.9 Å². The molecule has 3 rings (SSSR count). The zero-order valence-corrected chi connectivity index (χ0v) is 13.1. The highest BCUT2D eigenvalue weighted by Gasteiger charge is 2.25. The summed E-state index contributed by atoms with van der Waals surface area (Å²) < 4.78 is 4.74. The number of nitrogens with zero attached hydrogens (tertiary/aromatic N) is 1. The molecular formula is C18H22N2O2. The number of rotatable bonds is 4. The summed E-state index contributed by atoms with van der Waals surface area (Å²) in [6.07, 6.45) is 4.13. The van der Waals surface area contributed by atoms with Gasteiger partial charge in [0.25, 0.3) is 0 Å². The summed E-state index contributed by atoms with van der Waals surface area (Å²) in [5.74, 6) is -0.317. The fraction of sp³-hybridized carbons (Fsp3) is 0.389. The average Bonchev–Trinajstić information content (AvgIpc) is 3.02. The maximum absolute atomic E-state index is 11.5.